The van der Waals surface area contributed by atoms with E-state index in [1.807, 2.05) is 0 Å². The average molecular weight is 432 g/mol. The van der Waals surface area contributed by atoms with E-state index in [9.17, 15) is 4.39 Å². The first-order chi connectivity index (χ1) is 13.1. The Morgan fingerprint density at radius 3 is 2.63 bits per heavy atom. The van der Waals surface area contributed by atoms with E-state index in [1.165, 1.54) is 25.7 Å². The number of rotatable bonds is 3. The molecule has 0 radical (unpaired) electrons. The van der Waals surface area contributed by atoms with Crippen molar-refractivity contribution in [3.63, 3.8) is 0 Å². The molecule has 1 aromatic carbocycles. The van der Waals surface area contributed by atoms with Crippen molar-refractivity contribution in [3.05, 3.63) is 34.7 Å². The topological polar surface area (TPSA) is 77.2 Å². The largest absolute Gasteiger partial charge is 0.480 e. The maximum absolute atomic E-state index is 14.1. The molecule has 2 N–H and O–H groups in total. The quantitative estimate of drug-likeness (QED) is 0.670. The Balaban J connectivity index is 1.95. The molecule has 8 heteroatoms. The van der Waals surface area contributed by atoms with E-state index < -0.39 is 0 Å². The van der Waals surface area contributed by atoms with Crippen LogP contribution in [0.2, 0.25) is 0 Å². The molecule has 0 spiro atoms. The predicted molar refractivity (Wildman–Crippen MR) is 107 cm³/mol. The highest BCUT2D eigenvalue weighted by atomic mass is 79.9. The molecule has 0 amide bonds. The van der Waals surface area contributed by atoms with Gasteiger partial charge in [-0.25, -0.2) is 19.3 Å². The van der Waals surface area contributed by atoms with Gasteiger partial charge >= 0.3 is 0 Å². The van der Waals surface area contributed by atoms with E-state index in [0.717, 1.165) is 25.9 Å². The van der Waals surface area contributed by atoms with Crippen LogP contribution in [-0.2, 0) is 0 Å². The Kier molecular flexibility index (Phi) is 4.82. The summed E-state index contributed by atoms with van der Waals surface area (Å²) >= 11 is 3.44. The van der Waals surface area contributed by atoms with E-state index in [0.29, 0.717) is 44.1 Å². The molecule has 6 nitrogen and oxygen atoms in total. The minimum atomic E-state index is -0.362. The average Bonchev–Trinajstić information content (AvgIpc) is 2.68. The fraction of sp³-hybridized carbons (Fsp3) is 0.316. The lowest BCUT2D eigenvalue weighted by Gasteiger charge is -2.27. The summed E-state index contributed by atoms with van der Waals surface area (Å²) in [7, 11) is 1.51. The number of nitrogen functional groups attached to an aromatic ring is 1. The van der Waals surface area contributed by atoms with Crippen LogP contribution in [0.4, 0.5) is 16.0 Å². The highest BCUT2D eigenvalue weighted by Gasteiger charge is 2.19. The first kappa shape index (κ1) is 17.9. The number of nitrogens with two attached hydrogens (primary N) is 1. The van der Waals surface area contributed by atoms with Crippen LogP contribution >= 0.6 is 15.9 Å². The zero-order valence-corrected chi connectivity index (χ0v) is 16.5. The summed E-state index contributed by atoms with van der Waals surface area (Å²) in [5, 5.41) is 0.606. The Morgan fingerprint density at radius 2 is 1.93 bits per heavy atom. The summed E-state index contributed by atoms with van der Waals surface area (Å²) in [4.78, 5) is 15.9. The smallest absolute Gasteiger partial charge is 0.236 e. The maximum Gasteiger partial charge on any atom is 0.236 e. The van der Waals surface area contributed by atoms with Crippen molar-refractivity contribution in [1.29, 1.82) is 0 Å². The second-order valence-corrected chi connectivity index (χ2v) is 7.38. The molecule has 0 bridgehead atoms. The van der Waals surface area contributed by atoms with Gasteiger partial charge in [0.2, 0.25) is 11.8 Å². The molecule has 4 rings (SSSR count). The van der Waals surface area contributed by atoms with Crippen molar-refractivity contribution in [2.75, 3.05) is 30.8 Å². The van der Waals surface area contributed by atoms with Crippen LogP contribution in [-0.4, -0.2) is 35.2 Å². The highest BCUT2D eigenvalue weighted by Crippen LogP contribution is 2.35. The minimum Gasteiger partial charge on any atom is -0.480 e. The Morgan fingerprint density at radius 1 is 1.15 bits per heavy atom. The number of nitrogens with zero attached hydrogens (tertiary/aromatic N) is 4. The number of methoxy groups -OCH3 is 1. The second kappa shape index (κ2) is 7.26. The monoisotopic (exact) mass is 431 g/mol. The van der Waals surface area contributed by atoms with Crippen LogP contribution in [0.15, 0.2) is 28.9 Å². The molecule has 0 unspecified atom stereocenters. The van der Waals surface area contributed by atoms with Gasteiger partial charge in [0.05, 0.1) is 24.0 Å². The lowest BCUT2D eigenvalue weighted by molar-refractivity contribution is 0.400. The lowest BCUT2D eigenvalue weighted by Crippen LogP contribution is -2.31. The molecular weight excluding hydrogens is 413 g/mol. The molecule has 0 atom stereocenters. The van der Waals surface area contributed by atoms with Gasteiger partial charge in [-0.3, -0.25) is 0 Å². The van der Waals surface area contributed by atoms with Gasteiger partial charge in [0.1, 0.15) is 5.82 Å². The number of piperidine rings is 1. The summed E-state index contributed by atoms with van der Waals surface area (Å²) in [6.07, 6.45) is 5.07. The molecular formula is C19H19BrFN5O. The van der Waals surface area contributed by atoms with Crippen LogP contribution in [0, 0.1) is 5.82 Å². The molecule has 1 aliphatic heterocycles. The van der Waals surface area contributed by atoms with Gasteiger partial charge in [-0.1, -0.05) is 0 Å². The first-order valence-corrected chi connectivity index (χ1v) is 9.58. The first-order valence-electron chi connectivity index (χ1n) is 8.78. The number of pyridine rings is 1. The van der Waals surface area contributed by atoms with E-state index in [4.69, 9.17) is 20.4 Å². The van der Waals surface area contributed by atoms with E-state index in [1.54, 1.807) is 12.3 Å². The molecule has 0 aliphatic carbocycles. The fourth-order valence-electron chi connectivity index (χ4n) is 3.37. The third-order valence-corrected chi connectivity index (χ3v) is 5.30. The Bertz CT molecular complexity index is 1010. The van der Waals surface area contributed by atoms with Crippen LogP contribution in [0.25, 0.3) is 22.2 Å². The molecule has 2 aromatic heterocycles. The van der Waals surface area contributed by atoms with Crippen molar-refractivity contribution in [1.82, 2.24) is 15.0 Å². The third kappa shape index (κ3) is 3.41. The van der Waals surface area contributed by atoms with Gasteiger partial charge < -0.3 is 15.4 Å². The van der Waals surface area contributed by atoms with Crippen molar-refractivity contribution < 1.29 is 9.13 Å². The number of aromatic nitrogens is 3. The summed E-state index contributed by atoms with van der Waals surface area (Å²) in [5.74, 6) is 0.624. The zero-order chi connectivity index (χ0) is 19.0. The summed E-state index contributed by atoms with van der Waals surface area (Å²) in [6, 6.07) is 4.60. The molecule has 1 aliphatic rings. The third-order valence-electron chi connectivity index (χ3n) is 4.69. The second-order valence-electron chi connectivity index (χ2n) is 6.53. The fourth-order valence-corrected chi connectivity index (χ4v) is 3.89. The Hall–Kier alpha value is -2.48. The van der Waals surface area contributed by atoms with Crippen LogP contribution < -0.4 is 15.4 Å². The standard InChI is InChI=1S/C19H19BrFN5O/c1-27-18-15(22)7-11(10-23-18)16-13-8-12(21)9-14(20)17(13)25-19(24-16)26-5-3-2-4-6-26/h7-10H,2-6,22H2,1H3. The number of hydrogen-bond acceptors (Lipinski definition) is 6. The van der Waals surface area contributed by atoms with Gasteiger partial charge in [-0.05, 0) is 53.4 Å². The number of hydrogen-bond donors (Lipinski definition) is 1. The number of ether oxygens (including phenoxy) is 1. The van der Waals surface area contributed by atoms with Gasteiger partial charge in [0.15, 0.2) is 0 Å². The molecule has 0 saturated carbocycles. The number of anilines is 2. The predicted octanol–water partition coefficient (Wildman–Crippen LogP) is 4.17. The van der Waals surface area contributed by atoms with Gasteiger partial charge in [0, 0.05) is 34.7 Å². The molecule has 3 aromatic rings. The number of benzene rings is 1. The van der Waals surface area contributed by atoms with Gasteiger partial charge in [-0.2, -0.15) is 0 Å². The summed E-state index contributed by atoms with van der Waals surface area (Å²) in [6.45, 7) is 1.82. The normalized spacial score (nSPS) is 14.6. The van der Waals surface area contributed by atoms with Crippen molar-refractivity contribution in [2.45, 2.75) is 19.3 Å². The van der Waals surface area contributed by atoms with Crippen molar-refractivity contribution in [2.24, 2.45) is 0 Å². The minimum absolute atomic E-state index is 0.348. The van der Waals surface area contributed by atoms with Gasteiger partial charge in [0.25, 0.3) is 0 Å². The number of fused-ring (bicyclic) bond motifs is 1. The molecule has 27 heavy (non-hydrogen) atoms. The summed E-state index contributed by atoms with van der Waals surface area (Å²) < 4.78 is 19.8. The molecule has 1 fully saturated rings. The SMILES string of the molecule is COc1ncc(-c2nc(N3CCCCC3)nc3c(Br)cc(F)cc23)cc1N. The molecule has 140 valence electrons. The number of halogens is 2. The van der Waals surface area contributed by atoms with E-state index in [2.05, 4.69) is 25.8 Å². The van der Waals surface area contributed by atoms with Crippen LogP contribution in [0.5, 0.6) is 5.88 Å². The lowest BCUT2D eigenvalue weighted by atomic mass is 10.1. The van der Waals surface area contributed by atoms with E-state index >= 15 is 0 Å². The summed E-state index contributed by atoms with van der Waals surface area (Å²) in [5.41, 5.74) is 8.38. The highest BCUT2D eigenvalue weighted by molar-refractivity contribution is 9.10. The van der Waals surface area contributed by atoms with Crippen molar-refractivity contribution >= 4 is 38.5 Å². The zero-order valence-electron chi connectivity index (χ0n) is 14.9. The maximum atomic E-state index is 14.1. The van der Waals surface area contributed by atoms with Crippen LogP contribution in [0.3, 0.4) is 0 Å². The molecule has 3 heterocycles. The Labute approximate surface area is 164 Å². The van der Waals surface area contributed by atoms with Crippen molar-refractivity contribution in [3.8, 4) is 17.1 Å². The van der Waals surface area contributed by atoms with Gasteiger partial charge in [-0.15, -0.1) is 0 Å². The molecule has 1 saturated heterocycles. The van der Waals surface area contributed by atoms with Crippen LogP contribution in [0.1, 0.15) is 19.3 Å². The van der Waals surface area contributed by atoms with E-state index in [-0.39, 0.29) is 5.82 Å².